The van der Waals surface area contributed by atoms with Gasteiger partial charge in [0.25, 0.3) is 0 Å². The van der Waals surface area contributed by atoms with Crippen LogP contribution in [0, 0.1) is 6.92 Å². The van der Waals surface area contributed by atoms with Crippen LogP contribution in [0.5, 0.6) is 23.0 Å². The Morgan fingerprint density at radius 3 is 2.66 bits per heavy atom. The predicted octanol–water partition coefficient (Wildman–Crippen LogP) is 5.21. The van der Waals surface area contributed by atoms with Crippen molar-refractivity contribution >= 4 is 6.08 Å². The minimum absolute atomic E-state index is 0.0978. The Morgan fingerprint density at radius 2 is 1.84 bits per heavy atom. The van der Waals surface area contributed by atoms with Crippen LogP contribution in [-0.2, 0) is 13.0 Å². The van der Waals surface area contributed by atoms with Crippen molar-refractivity contribution in [3.05, 3.63) is 88.5 Å². The summed E-state index contributed by atoms with van der Waals surface area (Å²) >= 11 is 0. The quantitative estimate of drug-likeness (QED) is 0.583. The van der Waals surface area contributed by atoms with E-state index in [-0.39, 0.29) is 12.8 Å². The Morgan fingerprint density at radius 1 is 1.03 bits per heavy atom. The molecule has 5 rings (SSSR count). The van der Waals surface area contributed by atoms with E-state index >= 15 is 0 Å². The van der Waals surface area contributed by atoms with Crippen LogP contribution in [0.4, 0.5) is 0 Å². The molecule has 32 heavy (non-hydrogen) atoms. The summed E-state index contributed by atoms with van der Waals surface area (Å²) in [6, 6.07) is 18.6. The van der Waals surface area contributed by atoms with Crippen molar-refractivity contribution in [1.82, 2.24) is 5.32 Å². The zero-order chi connectivity index (χ0) is 21.9. The van der Waals surface area contributed by atoms with Crippen LogP contribution in [0.15, 0.2) is 60.7 Å². The zero-order valence-corrected chi connectivity index (χ0v) is 18.4. The Hall–Kier alpha value is -3.44. The summed E-state index contributed by atoms with van der Waals surface area (Å²) in [7, 11) is 1.69. The second-order valence-corrected chi connectivity index (χ2v) is 8.08. The smallest absolute Gasteiger partial charge is 0.231 e. The van der Waals surface area contributed by atoms with Crippen LogP contribution in [0.1, 0.15) is 33.9 Å². The van der Waals surface area contributed by atoms with Gasteiger partial charge in [0.15, 0.2) is 23.0 Å². The van der Waals surface area contributed by atoms with Crippen molar-refractivity contribution in [2.24, 2.45) is 0 Å². The first kappa shape index (κ1) is 20.5. The highest BCUT2D eigenvalue weighted by Crippen LogP contribution is 2.38. The maximum absolute atomic E-state index is 6.11. The summed E-state index contributed by atoms with van der Waals surface area (Å²) < 4.78 is 22.8. The highest BCUT2D eigenvalue weighted by molar-refractivity contribution is 5.62. The molecule has 3 aromatic rings. The molecule has 1 unspecified atom stereocenters. The molecule has 0 amide bonds. The van der Waals surface area contributed by atoms with Gasteiger partial charge < -0.3 is 24.3 Å². The fourth-order valence-corrected chi connectivity index (χ4v) is 4.21. The number of benzene rings is 3. The number of aryl methyl sites for hydroxylation is 1. The van der Waals surface area contributed by atoms with Crippen LogP contribution in [0.25, 0.3) is 6.08 Å². The third kappa shape index (κ3) is 4.16. The van der Waals surface area contributed by atoms with E-state index in [0.29, 0.717) is 6.61 Å². The number of rotatable bonds is 6. The van der Waals surface area contributed by atoms with Crippen molar-refractivity contribution in [3.63, 3.8) is 0 Å². The molecular formula is C27H27NO4. The van der Waals surface area contributed by atoms with Crippen LogP contribution in [-0.4, -0.2) is 20.4 Å². The first-order valence-electron chi connectivity index (χ1n) is 10.9. The van der Waals surface area contributed by atoms with Crippen molar-refractivity contribution in [2.45, 2.75) is 26.0 Å². The van der Waals surface area contributed by atoms with Gasteiger partial charge in [-0.05, 0) is 65.4 Å². The lowest BCUT2D eigenvalue weighted by atomic mass is 9.92. The van der Waals surface area contributed by atoms with Crippen molar-refractivity contribution in [3.8, 4) is 23.0 Å². The second-order valence-electron chi connectivity index (χ2n) is 8.08. The van der Waals surface area contributed by atoms with E-state index in [2.05, 4.69) is 48.7 Å². The first-order chi connectivity index (χ1) is 15.7. The van der Waals surface area contributed by atoms with Gasteiger partial charge in [-0.25, -0.2) is 0 Å². The molecule has 0 bridgehead atoms. The number of hydrogen-bond acceptors (Lipinski definition) is 5. The van der Waals surface area contributed by atoms with E-state index in [9.17, 15) is 0 Å². The molecule has 0 aliphatic carbocycles. The normalized spacial score (nSPS) is 16.8. The van der Waals surface area contributed by atoms with Gasteiger partial charge in [-0.3, -0.25) is 0 Å². The molecule has 5 heteroatoms. The Labute approximate surface area is 188 Å². The number of hydrogen-bond donors (Lipinski definition) is 1. The molecule has 1 atom stereocenters. The molecular weight excluding hydrogens is 402 g/mol. The third-order valence-corrected chi connectivity index (χ3v) is 5.99. The molecule has 0 saturated carbocycles. The third-order valence-electron chi connectivity index (χ3n) is 5.99. The minimum Gasteiger partial charge on any atom is -0.493 e. The van der Waals surface area contributed by atoms with Gasteiger partial charge in [-0.2, -0.15) is 0 Å². The number of nitrogens with one attached hydrogen (secondary N) is 1. The first-order valence-corrected chi connectivity index (χ1v) is 10.9. The summed E-state index contributed by atoms with van der Waals surface area (Å²) in [6.45, 7) is 3.80. The minimum atomic E-state index is 0.0978. The largest absolute Gasteiger partial charge is 0.493 e. The van der Waals surface area contributed by atoms with E-state index < -0.39 is 0 Å². The molecule has 1 N–H and O–H groups in total. The zero-order valence-electron chi connectivity index (χ0n) is 18.4. The Bertz CT molecular complexity index is 1140. The fraction of sp³-hybridized carbons (Fsp3) is 0.259. The van der Waals surface area contributed by atoms with Gasteiger partial charge in [0.05, 0.1) is 13.2 Å². The SMILES string of the molecule is COc1cc2c(cc1OCc1ccccc1)CCNC2C=Cc1cc2c(cc1C)OCO2. The summed E-state index contributed by atoms with van der Waals surface area (Å²) in [5, 5.41) is 3.61. The van der Waals surface area contributed by atoms with Gasteiger partial charge in [-0.1, -0.05) is 42.5 Å². The molecule has 0 spiro atoms. The molecule has 5 nitrogen and oxygen atoms in total. The van der Waals surface area contributed by atoms with Gasteiger partial charge in [0.1, 0.15) is 6.61 Å². The maximum atomic E-state index is 6.11. The van der Waals surface area contributed by atoms with Crippen LogP contribution < -0.4 is 24.3 Å². The molecule has 0 saturated heterocycles. The number of ether oxygens (including phenoxy) is 4. The molecule has 0 radical (unpaired) electrons. The average molecular weight is 430 g/mol. The van der Waals surface area contributed by atoms with E-state index in [0.717, 1.165) is 52.7 Å². The maximum Gasteiger partial charge on any atom is 0.231 e. The van der Waals surface area contributed by atoms with E-state index in [1.165, 1.54) is 11.1 Å². The van der Waals surface area contributed by atoms with E-state index in [1.807, 2.05) is 30.3 Å². The summed E-state index contributed by atoms with van der Waals surface area (Å²) in [4.78, 5) is 0. The molecule has 164 valence electrons. The number of methoxy groups -OCH3 is 1. The van der Waals surface area contributed by atoms with Crippen LogP contribution in [0.3, 0.4) is 0 Å². The lowest BCUT2D eigenvalue weighted by Crippen LogP contribution is -2.28. The lowest BCUT2D eigenvalue weighted by molar-refractivity contribution is 0.174. The van der Waals surface area contributed by atoms with Gasteiger partial charge >= 0.3 is 0 Å². The van der Waals surface area contributed by atoms with Crippen molar-refractivity contribution in [1.29, 1.82) is 0 Å². The summed E-state index contributed by atoms with van der Waals surface area (Å²) in [5.41, 5.74) is 5.91. The second kappa shape index (κ2) is 8.97. The predicted molar refractivity (Wildman–Crippen MR) is 125 cm³/mol. The molecule has 2 aliphatic rings. The molecule has 2 aliphatic heterocycles. The Balaban J connectivity index is 1.39. The van der Waals surface area contributed by atoms with Gasteiger partial charge in [0, 0.05) is 6.54 Å². The lowest BCUT2D eigenvalue weighted by Gasteiger charge is -2.26. The Kier molecular flexibility index (Phi) is 5.73. The summed E-state index contributed by atoms with van der Waals surface area (Å²) in [5.74, 6) is 3.15. The van der Waals surface area contributed by atoms with E-state index in [4.69, 9.17) is 18.9 Å². The van der Waals surface area contributed by atoms with Crippen molar-refractivity contribution < 1.29 is 18.9 Å². The highest BCUT2D eigenvalue weighted by atomic mass is 16.7. The van der Waals surface area contributed by atoms with Crippen molar-refractivity contribution in [2.75, 3.05) is 20.4 Å². The van der Waals surface area contributed by atoms with E-state index in [1.54, 1.807) is 7.11 Å². The highest BCUT2D eigenvalue weighted by Gasteiger charge is 2.21. The average Bonchev–Trinajstić information content (AvgIpc) is 3.28. The molecule has 0 aromatic heterocycles. The number of fused-ring (bicyclic) bond motifs is 2. The van der Waals surface area contributed by atoms with Gasteiger partial charge in [-0.15, -0.1) is 0 Å². The van der Waals surface area contributed by atoms with Gasteiger partial charge in [0.2, 0.25) is 6.79 Å². The fourth-order valence-electron chi connectivity index (χ4n) is 4.21. The monoisotopic (exact) mass is 429 g/mol. The van der Waals surface area contributed by atoms with Crippen LogP contribution >= 0.6 is 0 Å². The standard InChI is InChI=1S/C27H27NO4/c1-18-12-25-27(32-17-31-25)13-20(18)8-9-23-22-15-24(29-2)26(14-21(22)10-11-28-23)30-16-19-6-4-3-5-7-19/h3-9,12-15,23,28H,10-11,16-17H2,1-2H3. The molecule has 2 heterocycles. The molecule has 3 aromatic carbocycles. The summed E-state index contributed by atoms with van der Waals surface area (Å²) in [6.07, 6.45) is 5.30. The topological polar surface area (TPSA) is 49.0 Å². The molecule has 0 fully saturated rings. The van der Waals surface area contributed by atoms with Crippen LogP contribution in [0.2, 0.25) is 0 Å².